The second kappa shape index (κ2) is 9.91. The van der Waals surface area contributed by atoms with Crippen molar-refractivity contribution in [3.05, 3.63) is 58.4 Å². The first-order valence-corrected chi connectivity index (χ1v) is 12.7. The monoisotopic (exact) mass is 513 g/mol. The summed E-state index contributed by atoms with van der Waals surface area (Å²) in [6.45, 7) is 9.64. The molecular formula is C28H33ClFN3O3. The zero-order valence-corrected chi connectivity index (χ0v) is 21.9. The van der Waals surface area contributed by atoms with Crippen molar-refractivity contribution in [2.75, 3.05) is 24.6 Å². The zero-order chi connectivity index (χ0) is 26.3. The van der Waals surface area contributed by atoms with Crippen LogP contribution in [-0.2, 0) is 0 Å². The second-order valence-corrected chi connectivity index (χ2v) is 11.5. The standard InChI is InChI=1S/C28H33ClFN3O3/c1-27(2)25(28(3,4)26(27)36-20-7-5-19(15-31)21(29)14-20)32-24(35)18-6-8-23(22(30)13-18)33-11-9-17(16-34)10-12-33/h5-8,13-14,17,25-26,34H,9-12,16H2,1-4H3,(H,32,35)/t25-,26-. The molecule has 2 aromatic carbocycles. The van der Waals surface area contributed by atoms with Crippen molar-refractivity contribution in [3.8, 4) is 11.8 Å². The fourth-order valence-electron chi connectivity index (χ4n) is 6.07. The number of aliphatic hydroxyl groups is 1. The number of hydrogen-bond donors (Lipinski definition) is 2. The van der Waals surface area contributed by atoms with Crippen LogP contribution < -0.4 is 15.0 Å². The van der Waals surface area contributed by atoms with Crippen LogP contribution in [0.2, 0.25) is 5.02 Å². The Bertz CT molecular complexity index is 1170. The summed E-state index contributed by atoms with van der Waals surface area (Å²) in [4.78, 5) is 15.1. The van der Waals surface area contributed by atoms with Gasteiger partial charge in [0.25, 0.3) is 5.91 Å². The zero-order valence-electron chi connectivity index (χ0n) is 21.1. The maximum absolute atomic E-state index is 15.0. The summed E-state index contributed by atoms with van der Waals surface area (Å²) in [5, 5.41) is 21.9. The minimum Gasteiger partial charge on any atom is -0.489 e. The van der Waals surface area contributed by atoms with E-state index in [-0.39, 0.29) is 36.1 Å². The number of rotatable bonds is 6. The smallest absolute Gasteiger partial charge is 0.251 e. The SMILES string of the molecule is CC1(C)[C@H](NC(=O)c2ccc(N3CCC(CO)CC3)c(F)c2)C(C)(C)[C@H]1Oc1ccc(C#N)c(Cl)c1. The summed E-state index contributed by atoms with van der Waals surface area (Å²) >= 11 is 6.16. The molecule has 2 fully saturated rings. The van der Waals surface area contributed by atoms with E-state index in [1.54, 1.807) is 30.3 Å². The number of aliphatic hydroxyl groups excluding tert-OH is 1. The summed E-state index contributed by atoms with van der Waals surface area (Å²) in [5.74, 6) is 0.0856. The van der Waals surface area contributed by atoms with Crippen molar-refractivity contribution in [2.45, 2.75) is 52.7 Å². The Kier molecular flexibility index (Phi) is 7.23. The first-order chi connectivity index (χ1) is 17.0. The van der Waals surface area contributed by atoms with Crippen molar-refractivity contribution in [3.63, 3.8) is 0 Å². The predicted octanol–water partition coefficient (Wildman–Crippen LogP) is 5.17. The van der Waals surface area contributed by atoms with Crippen LogP contribution in [0.15, 0.2) is 36.4 Å². The van der Waals surface area contributed by atoms with E-state index in [1.807, 2.05) is 38.7 Å². The van der Waals surface area contributed by atoms with Crippen molar-refractivity contribution >= 4 is 23.2 Å². The molecular weight excluding hydrogens is 481 g/mol. The molecule has 0 aromatic heterocycles. The molecule has 0 radical (unpaired) electrons. The minimum atomic E-state index is -0.420. The average Bonchev–Trinajstić information content (AvgIpc) is 2.85. The molecule has 2 aromatic rings. The van der Waals surface area contributed by atoms with E-state index in [0.717, 1.165) is 12.8 Å². The lowest BCUT2D eigenvalue weighted by Gasteiger charge is -2.63. The number of carbonyl (C=O) groups excluding carboxylic acids is 1. The van der Waals surface area contributed by atoms with Crippen LogP contribution in [0.25, 0.3) is 0 Å². The molecule has 1 aliphatic carbocycles. The highest BCUT2D eigenvalue weighted by Gasteiger charge is 2.64. The summed E-state index contributed by atoms with van der Waals surface area (Å²) in [7, 11) is 0. The first-order valence-electron chi connectivity index (χ1n) is 12.3. The molecule has 1 amide bonds. The summed E-state index contributed by atoms with van der Waals surface area (Å²) in [6.07, 6.45) is 1.42. The number of hydrogen-bond acceptors (Lipinski definition) is 5. The topological polar surface area (TPSA) is 85.6 Å². The van der Waals surface area contributed by atoms with Gasteiger partial charge >= 0.3 is 0 Å². The molecule has 8 heteroatoms. The van der Waals surface area contributed by atoms with Gasteiger partial charge in [-0.1, -0.05) is 39.3 Å². The molecule has 2 N–H and O–H groups in total. The molecule has 6 nitrogen and oxygen atoms in total. The number of nitriles is 1. The van der Waals surface area contributed by atoms with Crippen LogP contribution in [0.5, 0.6) is 5.75 Å². The highest BCUT2D eigenvalue weighted by atomic mass is 35.5. The Morgan fingerprint density at radius 3 is 2.42 bits per heavy atom. The largest absolute Gasteiger partial charge is 0.489 e. The van der Waals surface area contributed by atoms with Crippen LogP contribution in [0.4, 0.5) is 10.1 Å². The average molecular weight is 514 g/mol. The van der Waals surface area contributed by atoms with Crippen molar-refractivity contribution in [1.82, 2.24) is 5.32 Å². The quantitative estimate of drug-likeness (QED) is 0.556. The number of piperidine rings is 1. The molecule has 4 rings (SSSR count). The Morgan fingerprint density at radius 1 is 1.19 bits per heavy atom. The van der Waals surface area contributed by atoms with E-state index in [2.05, 4.69) is 5.32 Å². The lowest BCUT2D eigenvalue weighted by Crippen LogP contribution is -2.74. The van der Waals surface area contributed by atoms with Crippen molar-refractivity contribution < 1.29 is 19.0 Å². The van der Waals surface area contributed by atoms with Crippen LogP contribution in [-0.4, -0.2) is 42.9 Å². The van der Waals surface area contributed by atoms with Gasteiger partial charge in [0.2, 0.25) is 0 Å². The van der Waals surface area contributed by atoms with E-state index in [1.165, 1.54) is 6.07 Å². The fourth-order valence-corrected chi connectivity index (χ4v) is 6.28. The van der Waals surface area contributed by atoms with E-state index >= 15 is 0 Å². The molecule has 0 unspecified atom stereocenters. The third-order valence-corrected chi connectivity index (χ3v) is 8.17. The molecule has 36 heavy (non-hydrogen) atoms. The molecule has 1 saturated carbocycles. The van der Waals surface area contributed by atoms with E-state index < -0.39 is 16.6 Å². The molecule has 0 spiro atoms. The van der Waals surface area contributed by atoms with Gasteiger partial charge in [0.1, 0.15) is 23.7 Å². The van der Waals surface area contributed by atoms with E-state index in [9.17, 15) is 14.3 Å². The van der Waals surface area contributed by atoms with E-state index in [4.69, 9.17) is 21.6 Å². The summed E-state index contributed by atoms with van der Waals surface area (Å²) in [6, 6.07) is 11.4. The van der Waals surface area contributed by atoms with E-state index in [0.29, 0.717) is 35.1 Å². The summed E-state index contributed by atoms with van der Waals surface area (Å²) < 4.78 is 21.3. The number of anilines is 1. The lowest BCUT2D eigenvalue weighted by molar-refractivity contribution is -0.164. The Labute approximate surface area is 217 Å². The molecule has 192 valence electrons. The van der Waals surface area contributed by atoms with Gasteiger partial charge in [0.15, 0.2) is 0 Å². The van der Waals surface area contributed by atoms with Gasteiger partial charge in [-0.25, -0.2) is 4.39 Å². The molecule has 2 aliphatic rings. The van der Waals surface area contributed by atoms with Gasteiger partial charge < -0.3 is 20.1 Å². The van der Waals surface area contributed by atoms with Crippen LogP contribution in [0.1, 0.15) is 56.5 Å². The van der Waals surface area contributed by atoms with Gasteiger partial charge in [-0.15, -0.1) is 0 Å². The number of amides is 1. The van der Waals surface area contributed by atoms with Gasteiger partial charge in [0, 0.05) is 48.2 Å². The Hall–Kier alpha value is -2.82. The predicted molar refractivity (Wildman–Crippen MR) is 138 cm³/mol. The number of halogens is 2. The number of benzene rings is 2. The van der Waals surface area contributed by atoms with Crippen molar-refractivity contribution in [1.29, 1.82) is 5.26 Å². The van der Waals surface area contributed by atoms with Gasteiger partial charge in [-0.3, -0.25) is 4.79 Å². The third-order valence-electron chi connectivity index (χ3n) is 7.85. The second-order valence-electron chi connectivity index (χ2n) is 11.1. The minimum absolute atomic E-state index is 0.163. The highest BCUT2D eigenvalue weighted by molar-refractivity contribution is 6.31. The Balaban J connectivity index is 1.44. The van der Waals surface area contributed by atoms with Gasteiger partial charge in [0.05, 0.1) is 16.3 Å². The lowest BCUT2D eigenvalue weighted by atomic mass is 9.49. The summed E-state index contributed by atoms with van der Waals surface area (Å²) in [5.41, 5.74) is 0.330. The normalized spacial score (nSPS) is 22.9. The highest BCUT2D eigenvalue weighted by Crippen LogP contribution is 2.55. The number of nitrogens with zero attached hydrogens (tertiary/aromatic N) is 2. The maximum atomic E-state index is 15.0. The van der Waals surface area contributed by atoms with Crippen LogP contribution in [0, 0.1) is 33.9 Å². The number of ether oxygens (including phenoxy) is 1. The molecule has 1 saturated heterocycles. The van der Waals surface area contributed by atoms with Crippen LogP contribution >= 0.6 is 11.6 Å². The molecule has 1 aliphatic heterocycles. The molecule has 1 heterocycles. The van der Waals surface area contributed by atoms with Gasteiger partial charge in [-0.05, 0) is 49.1 Å². The molecule has 0 atom stereocenters. The Morgan fingerprint density at radius 2 is 1.86 bits per heavy atom. The number of nitrogens with one attached hydrogen (secondary N) is 1. The van der Waals surface area contributed by atoms with Crippen LogP contribution in [0.3, 0.4) is 0 Å². The van der Waals surface area contributed by atoms with Gasteiger partial charge in [-0.2, -0.15) is 5.26 Å². The first kappa shape index (κ1) is 26.2. The number of carbonyl (C=O) groups is 1. The van der Waals surface area contributed by atoms with Crippen molar-refractivity contribution in [2.24, 2.45) is 16.7 Å². The molecule has 0 bridgehead atoms. The fraction of sp³-hybridized carbons (Fsp3) is 0.500. The third kappa shape index (κ3) is 4.77. The maximum Gasteiger partial charge on any atom is 0.251 e.